The van der Waals surface area contributed by atoms with Crippen molar-refractivity contribution in [3.8, 4) is 17.5 Å². The molecule has 2 heterocycles. The van der Waals surface area contributed by atoms with E-state index in [1.807, 2.05) is 54.6 Å². The minimum atomic E-state index is 0.180. The van der Waals surface area contributed by atoms with E-state index in [9.17, 15) is 0 Å². The summed E-state index contributed by atoms with van der Waals surface area (Å²) in [6.07, 6.45) is 5.36. The summed E-state index contributed by atoms with van der Waals surface area (Å²) in [5.74, 6) is 1.77. The number of nitrogens with zero attached hydrogens (tertiary/aromatic N) is 2. The third-order valence-corrected chi connectivity index (χ3v) is 4.70. The monoisotopic (exact) mass is 391 g/mol. The fourth-order valence-electron chi connectivity index (χ4n) is 3.16. The molecule has 3 aromatic rings. The van der Waals surface area contributed by atoms with Gasteiger partial charge in [-0.25, -0.2) is 0 Å². The van der Waals surface area contributed by atoms with Crippen molar-refractivity contribution in [2.24, 2.45) is 0 Å². The SMILES string of the molecule is c1ccc(COc2cccc(COc3cncc(OC4CCNCC4)n3)c2)cc1. The first-order valence-electron chi connectivity index (χ1n) is 9.93. The first-order valence-corrected chi connectivity index (χ1v) is 9.93. The van der Waals surface area contributed by atoms with Gasteiger partial charge in [0.05, 0.1) is 12.4 Å². The predicted molar refractivity (Wildman–Crippen MR) is 110 cm³/mol. The molecule has 0 radical (unpaired) electrons. The minimum Gasteiger partial charge on any atom is -0.489 e. The number of rotatable bonds is 8. The van der Waals surface area contributed by atoms with Crippen LogP contribution in [0.25, 0.3) is 0 Å². The van der Waals surface area contributed by atoms with Crippen LogP contribution >= 0.6 is 0 Å². The highest BCUT2D eigenvalue weighted by Gasteiger charge is 2.15. The van der Waals surface area contributed by atoms with Gasteiger partial charge in [0.25, 0.3) is 0 Å². The Morgan fingerprint density at radius 1 is 0.828 bits per heavy atom. The Kier molecular flexibility index (Phi) is 6.55. The van der Waals surface area contributed by atoms with Crippen LogP contribution < -0.4 is 19.5 Å². The molecule has 0 atom stereocenters. The van der Waals surface area contributed by atoms with Crippen LogP contribution in [0.3, 0.4) is 0 Å². The molecule has 1 fully saturated rings. The summed E-state index contributed by atoms with van der Waals surface area (Å²) in [6, 6.07) is 18.0. The summed E-state index contributed by atoms with van der Waals surface area (Å²) in [6.45, 7) is 2.86. The Labute approximate surface area is 170 Å². The highest BCUT2D eigenvalue weighted by molar-refractivity contribution is 5.29. The zero-order valence-corrected chi connectivity index (χ0v) is 16.3. The maximum absolute atomic E-state index is 5.93. The molecule has 6 nitrogen and oxygen atoms in total. The lowest BCUT2D eigenvalue weighted by atomic mass is 10.1. The zero-order valence-electron chi connectivity index (χ0n) is 16.3. The lowest BCUT2D eigenvalue weighted by molar-refractivity contribution is 0.153. The molecule has 0 unspecified atom stereocenters. The largest absolute Gasteiger partial charge is 0.489 e. The normalized spacial score (nSPS) is 14.3. The minimum absolute atomic E-state index is 0.180. The molecule has 6 heteroatoms. The van der Waals surface area contributed by atoms with Crippen LogP contribution in [0.15, 0.2) is 67.0 Å². The maximum atomic E-state index is 5.93. The number of piperidine rings is 1. The fourth-order valence-corrected chi connectivity index (χ4v) is 3.16. The standard InChI is InChI=1S/C23H25N3O3/c1-2-5-18(6-3-1)16-27-21-8-4-7-19(13-21)17-28-22-14-25-15-23(26-22)29-20-9-11-24-12-10-20/h1-8,13-15,20,24H,9-12,16-17H2. The van der Waals surface area contributed by atoms with E-state index in [0.29, 0.717) is 25.0 Å². The van der Waals surface area contributed by atoms with Gasteiger partial charge in [-0.2, -0.15) is 4.98 Å². The van der Waals surface area contributed by atoms with Crippen LogP contribution in [0.4, 0.5) is 0 Å². The highest BCUT2D eigenvalue weighted by atomic mass is 16.5. The number of aromatic nitrogens is 2. The third-order valence-electron chi connectivity index (χ3n) is 4.70. The van der Waals surface area contributed by atoms with E-state index >= 15 is 0 Å². The molecule has 0 spiro atoms. The zero-order chi connectivity index (χ0) is 19.7. The van der Waals surface area contributed by atoms with Crippen LogP contribution in [-0.4, -0.2) is 29.2 Å². The Morgan fingerprint density at radius 3 is 2.45 bits per heavy atom. The first-order chi connectivity index (χ1) is 14.3. The van der Waals surface area contributed by atoms with Crippen molar-refractivity contribution in [3.05, 3.63) is 78.1 Å². The quantitative estimate of drug-likeness (QED) is 0.631. The second-order valence-corrected chi connectivity index (χ2v) is 6.97. The second kappa shape index (κ2) is 9.89. The predicted octanol–water partition coefficient (Wildman–Crippen LogP) is 3.77. The van der Waals surface area contributed by atoms with Gasteiger partial charge in [-0.15, -0.1) is 0 Å². The highest BCUT2D eigenvalue weighted by Crippen LogP contribution is 2.19. The van der Waals surface area contributed by atoms with Crippen molar-refractivity contribution in [2.75, 3.05) is 13.1 Å². The molecule has 1 aliphatic heterocycles. The van der Waals surface area contributed by atoms with E-state index in [1.165, 1.54) is 0 Å². The molecule has 0 saturated carbocycles. The summed E-state index contributed by atoms with van der Waals surface area (Å²) in [4.78, 5) is 8.61. The van der Waals surface area contributed by atoms with Gasteiger partial charge in [0.15, 0.2) is 0 Å². The van der Waals surface area contributed by atoms with E-state index < -0.39 is 0 Å². The molecule has 0 bridgehead atoms. The molecule has 150 valence electrons. The number of nitrogens with one attached hydrogen (secondary N) is 1. The van der Waals surface area contributed by atoms with Crippen molar-refractivity contribution in [1.82, 2.24) is 15.3 Å². The third kappa shape index (κ3) is 5.93. The molecular formula is C23H25N3O3. The maximum Gasteiger partial charge on any atom is 0.235 e. The van der Waals surface area contributed by atoms with Gasteiger partial charge >= 0.3 is 0 Å². The Bertz CT molecular complexity index is 899. The smallest absolute Gasteiger partial charge is 0.235 e. The fraction of sp³-hybridized carbons (Fsp3) is 0.304. The van der Waals surface area contributed by atoms with Gasteiger partial charge in [-0.1, -0.05) is 42.5 Å². The van der Waals surface area contributed by atoms with Gasteiger partial charge in [0, 0.05) is 0 Å². The Hall–Kier alpha value is -3.12. The van der Waals surface area contributed by atoms with Gasteiger partial charge < -0.3 is 19.5 Å². The van der Waals surface area contributed by atoms with E-state index in [1.54, 1.807) is 12.4 Å². The number of benzene rings is 2. The molecule has 1 N–H and O–H groups in total. The molecule has 4 rings (SSSR count). The Balaban J connectivity index is 1.31. The van der Waals surface area contributed by atoms with Crippen LogP contribution in [0, 0.1) is 0 Å². The summed E-state index contributed by atoms with van der Waals surface area (Å²) in [7, 11) is 0. The molecule has 0 amide bonds. The average Bonchev–Trinajstić information content (AvgIpc) is 2.78. The summed E-state index contributed by atoms with van der Waals surface area (Å²) >= 11 is 0. The molecule has 29 heavy (non-hydrogen) atoms. The van der Waals surface area contributed by atoms with Crippen LogP contribution in [-0.2, 0) is 13.2 Å². The van der Waals surface area contributed by atoms with E-state index in [-0.39, 0.29) is 6.10 Å². The van der Waals surface area contributed by atoms with Crippen molar-refractivity contribution >= 4 is 0 Å². The van der Waals surface area contributed by atoms with Gasteiger partial charge in [-0.05, 0) is 49.2 Å². The average molecular weight is 391 g/mol. The molecule has 1 saturated heterocycles. The molecule has 1 aromatic heterocycles. The molecule has 2 aromatic carbocycles. The molecular weight excluding hydrogens is 366 g/mol. The van der Waals surface area contributed by atoms with Crippen molar-refractivity contribution in [3.63, 3.8) is 0 Å². The number of hydrogen-bond donors (Lipinski definition) is 1. The van der Waals surface area contributed by atoms with Gasteiger partial charge in [0.2, 0.25) is 11.8 Å². The van der Waals surface area contributed by atoms with Gasteiger partial charge in [0.1, 0.15) is 25.1 Å². The van der Waals surface area contributed by atoms with Crippen LogP contribution in [0.2, 0.25) is 0 Å². The summed E-state index contributed by atoms with van der Waals surface area (Å²) in [5.41, 5.74) is 2.14. The Morgan fingerprint density at radius 2 is 1.59 bits per heavy atom. The first kappa shape index (κ1) is 19.2. The topological polar surface area (TPSA) is 65.5 Å². The van der Waals surface area contributed by atoms with E-state index in [4.69, 9.17) is 14.2 Å². The molecule has 1 aliphatic rings. The van der Waals surface area contributed by atoms with Crippen LogP contribution in [0.5, 0.6) is 17.5 Å². The number of ether oxygens (including phenoxy) is 3. The molecule has 0 aliphatic carbocycles. The van der Waals surface area contributed by atoms with Crippen LogP contribution in [0.1, 0.15) is 24.0 Å². The van der Waals surface area contributed by atoms with Crippen molar-refractivity contribution < 1.29 is 14.2 Å². The second-order valence-electron chi connectivity index (χ2n) is 6.97. The van der Waals surface area contributed by atoms with Crippen molar-refractivity contribution in [1.29, 1.82) is 0 Å². The number of hydrogen-bond acceptors (Lipinski definition) is 6. The lowest BCUT2D eigenvalue weighted by Gasteiger charge is -2.23. The van der Waals surface area contributed by atoms with E-state index in [2.05, 4.69) is 15.3 Å². The van der Waals surface area contributed by atoms with Gasteiger partial charge in [-0.3, -0.25) is 4.98 Å². The summed E-state index contributed by atoms with van der Waals surface area (Å²) in [5, 5.41) is 3.32. The summed E-state index contributed by atoms with van der Waals surface area (Å²) < 4.78 is 17.6. The van der Waals surface area contributed by atoms with E-state index in [0.717, 1.165) is 42.8 Å². The van der Waals surface area contributed by atoms with Crippen molar-refractivity contribution in [2.45, 2.75) is 32.2 Å². The lowest BCUT2D eigenvalue weighted by Crippen LogP contribution is -2.34.